The first-order valence-corrected chi connectivity index (χ1v) is 12.8. The number of amidine groups is 2. The third-order valence-electron chi connectivity index (χ3n) is 6.06. The van der Waals surface area contributed by atoms with Crippen molar-refractivity contribution in [3.05, 3.63) is 99.6 Å². The molecule has 0 saturated heterocycles. The summed E-state index contributed by atoms with van der Waals surface area (Å²) in [6.07, 6.45) is -0.0972. The van der Waals surface area contributed by atoms with Gasteiger partial charge in [0.1, 0.15) is 17.6 Å². The molecule has 2 aliphatic rings. The van der Waals surface area contributed by atoms with Gasteiger partial charge in [-0.1, -0.05) is 48.2 Å². The number of hydrogen-bond donors (Lipinski definition) is 1. The Kier molecular flexibility index (Phi) is 7.18. The number of nitrogens with one attached hydrogen (secondary N) is 1. The van der Waals surface area contributed by atoms with Crippen molar-refractivity contribution < 1.29 is 19.2 Å². The number of carbonyl (C=O) groups is 2. The molecule has 2 aliphatic heterocycles. The minimum atomic E-state index is -0.879. The average Bonchev–Trinajstić information content (AvgIpc) is 3.27. The van der Waals surface area contributed by atoms with Crippen LogP contribution in [0.25, 0.3) is 0 Å². The van der Waals surface area contributed by atoms with Crippen molar-refractivity contribution in [2.75, 3.05) is 7.11 Å². The molecule has 1 N–H and O–H groups in total. The van der Waals surface area contributed by atoms with E-state index in [1.54, 1.807) is 19.2 Å². The van der Waals surface area contributed by atoms with E-state index in [2.05, 4.69) is 15.3 Å². The molecule has 0 aliphatic carbocycles. The number of non-ortho nitro benzene ring substituents is 1. The van der Waals surface area contributed by atoms with Crippen LogP contribution in [-0.4, -0.2) is 45.8 Å². The maximum atomic E-state index is 13.4. The van der Waals surface area contributed by atoms with Gasteiger partial charge in [-0.15, -0.1) is 0 Å². The molecule has 1 atom stereocenters. The smallest absolute Gasteiger partial charge is 0.269 e. The molecule has 5 rings (SSSR count). The van der Waals surface area contributed by atoms with E-state index in [-0.39, 0.29) is 23.9 Å². The molecule has 3 aromatic rings. The van der Waals surface area contributed by atoms with Gasteiger partial charge in [0.15, 0.2) is 5.17 Å². The van der Waals surface area contributed by atoms with Crippen LogP contribution < -0.4 is 10.1 Å². The molecule has 38 heavy (non-hydrogen) atoms. The fourth-order valence-electron chi connectivity index (χ4n) is 4.13. The first-order valence-electron chi connectivity index (χ1n) is 11.8. The van der Waals surface area contributed by atoms with Crippen LogP contribution in [0.3, 0.4) is 0 Å². The number of aliphatic imine (C=N–C) groups is 2. The van der Waals surface area contributed by atoms with Crippen molar-refractivity contribution in [1.82, 2.24) is 10.2 Å². The van der Waals surface area contributed by atoms with Gasteiger partial charge >= 0.3 is 0 Å². The molecule has 10 nitrogen and oxygen atoms in total. The minimum Gasteiger partial charge on any atom is -0.497 e. The number of para-hydroxylation sites is 1. The second-order valence-corrected chi connectivity index (χ2v) is 9.54. The second-order valence-electron chi connectivity index (χ2n) is 8.60. The predicted octanol–water partition coefficient (Wildman–Crippen LogP) is 4.20. The maximum absolute atomic E-state index is 13.4. The number of nitro groups is 1. The SMILES string of the molecule is COc1ccc(CNC(=O)CC2N=C3c4ccccc4N=C(SCc4cccc([N+](=O)[O-])c4)N3C2=O)cc1. The first kappa shape index (κ1) is 25.2. The van der Waals surface area contributed by atoms with Crippen molar-refractivity contribution in [3.8, 4) is 5.75 Å². The summed E-state index contributed by atoms with van der Waals surface area (Å²) in [7, 11) is 1.59. The Balaban J connectivity index is 1.30. The lowest BCUT2D eigenvalue weighted by atomic mass is 10.1. The number of benzene rings is 3. The monoisotopic (exact) mass is 529 g/mol. The van der Waals surface area contributed by atoms with Crippen LogP contribution in [0.2, 0.25) is 0 Å². The number of rotatable bonds is 8. The largest absolute Gasteiger partial charge is 0.497 e. The molecule has 0 fully saturated rings. The average molecular weight is 530 g/mol. The van der Waals surface area contributed by atoms with Crippen LogP contribution in [0.4, 0.5) is 11.4 Å². The topological polar surface area (TPSA) is 126 Å². The second kappa shape index (κ2) is 10.9. The molecule has 11 heteroatoms. The number of nitro benzene ring substituents is 1. The Hall–Kier alpha value is -4.51. The maximum Gasteiger partial charge on any atom is 0.269 e. The van der Waals surface area contributed by atoms with E-state index in [9.17, 15) is 19.7 Å². The van der Waals surface area contributed by atoms with Gasteiger partial charge in [-0.25, -0.2) is 9.89 Å². The number of ether oxygens (including phenoxy) is 1. The number of hydrogen-bond acceptors (Lipinski definition) is 8. The van der Waals surface area contributed by atoms with Gasteiger partial charge in [-0.2, -0.15) is 0 Å². The van der Waals surface area contributed by atoms with Crippen molar-refractivity contribution in [2.45, 2.75) is 24.8 Å². The molecule has 192 valence electrons. The summed E-state index contributed by atoms with van der Waals surface area (Å²) in [5, 5.41) is 14.4. The highest BCUT2D eigenvalue weighted by molar-refractivity contribution is 8.13. The van der Waals surface area contributed by atoms with E-state index >= 15 is 0 Å². The van der Waals surface area contributed by atoms with Crippen LogP contribution in [0.5, 0.6) is 5.75 Å². The lowest BCUT2D eigenvalue weighted by Crippen LogP contribution is -2.42. The Labute approximate surface area is 222 Å². The fourth-order valence-corrected chi connectivity index (χ4v) is 5.08. The Morgan fingerprint density at radius 2 is 1.89 bits per heavy atom. The van der Waals surface area contributed by atoms with Crippen LogP contribution in [0.1, 0.15) is 23.1 Å². The summed E-state index contributed by atoms with van der Waals surface area (Å²) in [6, 6.07) is 20.2. The van der Waals surface area contributed by atoms with Crippen molar-refractivity contribution in [1.29, 1.82) is 0 Å². The van der Waals surface area contributed by atoms with Crippen LogP contribution in [-0.2, 0) is 21.9 Å². The van der Waals surface area contributed by atoms with Gasteiger partial charge in [0, 0.05) is 30.0 Å². The van der Waals surface area contributed by atoms with E-state index in [0.717, 1.165) is 16.9 Å². The first-order chi connectivity index (χ1) is 18.4. The third-order valence-corrected chi connectivity index (χ3v) is 7.07. The molecule has 0 spiro atoms. The van der Waals surface area contributed by atoms with Crippen LogP contribution >= 0.6 is 11.8 Å². The molecule has 3 aromatic carbocycles. The zero-order chi connectivity index (χ0) is 26.6. The summed E-state index contributed by atoms with van der Waals surface area (Å²) >= 11 is 1.29. The molecular weight excluding hydrogens is 506 g/mol. The van der Waals surface area contributed by atoms with Gasteiger partial charge in [0.25, 0.3) is 11.6 Å². The highest BCUT2D eigenvalue weighted by Crippen LogP contribution is 2.35. The van der Waals surface area contributed by atoms with E-state index < -0.39 is 11.0 Å². The molecule has 2 amide bonds. The number of methoxy groups -OCH3 is 1. The molecule has 0 aromatic heterocycles. The van der Waals surface area contributed by atoms with E-state index in [1.165, 1.54) is 28.8 Å². The van der Waals surface area contributed by atoms with Crippen LogP contribution in [0, 0.1) is 10.1 Å². The summed E-state index contributed by atoms with van der Waals surface area (Å²) in [5.41, 5.74) is 3.01. The number of thioether (sulfide) groups is 1. The predicted molar refractivity (Wildman–Crippen MR) is 145 cm³/mol. The molecule has 0 saturated carbocycles. The molecule has 1 unspecified atom stereocenters. The Morgan fingerprint density at radius 3 is 2.66 bits per heavy atom. The van der Waals surface area contributed by atoms with E-state index in [1.807, 2.05) is 48.5 Å². The highest BCUT2D eigenvalue weighted by Gasteiger charge is 2.42. The zero-order valence-electron chi connectivity index (χ0n) is 20.4. The Morgan fingerprint density at radius 1 is 1.11 bits per heavy atom. The van der Waals surface area contributed by atoms with Crippen molar-refractivity contribution >= 4 is 46.0 Å². The van der Waals surface area contributed by atoms with Gasteiger partial charge in [0.05, 0.1) is 24.1 Å². The number of nitrogens with zero attached hydrogens (tertiary/aromatic N) is 4. The van der Waals surface area contributed by atoms with E-state index in [0.29, 0.717) is 34.6 Å². The summed E-state index contributed by atoms with van der Waals surface area (Å²) in [4.78, 5) is 47.6. The van der Waals surface area contributed by atoms with E-state index in [4.69, 9.17) is 4.74 Å². The van der Waals surface area contributed by atoms with Gasteiger partial charge in [-0.3, -0.25) is 24.7 Å². The van der Waals surface area contributed by atoms with Gasteiger partial charge < -0.3 is 10.1 Å². The zero-order valence-corrected chi connectivity index (χ0v) is 21.2. The lowest BCUT2D eigenvalue weighted by Gasteiger charge is -2.25. The highest BCUT2D eigenvalue weighted by atomic mass is 32.2. The number of carbonyl (C=O) groups excluding carboxylic acids is 2. The van der Waals surface area contributed by atoms with Crippen LogP contribution in [0.15, 0.2) is 82.8 Å². The molecular formula is C27H23N5O5S. The summed E-state index contributed by atoms with van der Waals surface area (Å²) in [5.74, 6) is 0.923. The standard InChI is InChI=1S/C27H23N5O5S/c1-37-20-11-9-17(10-12-20)15-28-24(33)14-23-26(34)31-25(29-23)21-7-2-3-8-22(21)30-27(31)38-16-18-5-4-6-19(13-18)32(35)36/h2-13,23H,14-16H2,1H3,(H,28,33). The Bertz CT molecular complexity index is 1470. The lowest BCUT2D eigenvalue weighted by molar-refractivity contribution is -0.384. The van der Waals surface area contributed by atoms with Gasteiger partial charge in [-0.05, 0) is 35.4 Å². The third kappa shape index (κ3) is 5.28. The molecule has 2 heterocycles. The molecule has 0 bridgehead atoms. The number of amides is 2. The minimum absolute atomic E-state index is 0.000699. The van der Waals surface area contributed by atoms with Crippen molar-refractivity contribution in [2.24, 2.45) is 9.98 Å². The quantitative estimate of drug-likeness (QED) is 0.344. The summed E-state index contributed by atoms with van der Waals surface area (Å²) < 4.78 is 5.15. The van der Waals surface area contributed by atoms with Crippen molar-refractivity contribution in [3.63, 3.8) is 0 Å². The fraction of sp³-hybridized carbons (Fsp3) is 0.185. The molecule has 0 radical (unpaired) electrons. The normalized spacial score (nSPS) is 15.8. The summed E-state index contributed by atoms with van der Waals surface area (Å²) in [6.45, 7) is 0.318. The van der Waals surface area contributed by atoms with Gasteiger partial charge in [0.2, 0.25) is 5.91 Å². The number of fused-ring (bicyclic) bond motifs is 3.